The molecule has 0 saturated carbocycles. The van der Waals surface area contributed by atoms with Crippen LogP contribution in [0.4, 0.5) is 0 Å². The Balaban J connectivity index is 1.53. The van der Waals surface area contributed by atoms with Crippen LogP contribution < -0.4 is 10.3 Å². The van der Waals surface area contributed by atoms with Gasteiger partial charge in [-0.1, -0.05) is 36.4 Å². The number of hydrogen-bond acceptors (Lipinski definition) is 2. The zero-order chi connectivity index (χ0) is 15.9. The highest BCUT2D eigenvalue weighted by Crippen LogP contribution is 2.14. The molecule has 1 amide bonds. The van der Waals surface area contributed by atoms with Crippen LogP contribution in [0.15, 0.2) is 47.6 Å². The predicted molar refractivity (Wildman–Crippen MR) is 93.7 cm³/mol. The number of amides is 1. The lowest BCUT2D eigenvalue weighted by Crippen LogP contribution is -3.13. The van der Waals surface area contributed by atoms with E-state index in [1.54, 1.807) is 6.21 Å². The Morgan fingerprint density at radius 1 is 1.04 bits per heavy atom. The summed E-state index contributed by atoms with van der Waals surface area (Å²) in [5, 5.41) is 6.48. The van der Waals surface area contributed by atoms with Crippen LogP contribution in [-0.2, 0) is 4.79 Å². The normalized spacial score (nSPS) is 16.5. The van der Waals surface area contributed by atoms with Crippen LogP contribution in [0.2, 0.25) is 0 Å². The van der Waals surface area contributed by atoms with Crippen molar-refractivity contribution in [3.05, 3.63) is 48.0 Å². The van der Waals surface area contributed by atoms with Gasteiger partial charge in [-0.2, -0.15) is 5.10 Å². The number of quaternary nitrogens is 1. The second-order valence-corrected chi connectivity index (χ2v) is 6.24. The molecule has 3 rings (SSSR count). The molecule has 1 saturated heterocycles. The molecule has 1 heterocycles. The van der Waals surface area contributed by atoms with Gasteiger partial charge in [0.2, 0.25) is 0 Å². The van der Waals surface area contributed by atoms with E-state index in [2.05, 4.69) is 34.8 Å². The lowest BCUT2D eigenvalue weighted by Gasteiger charge is -2.15. The van der Waals surface area contributed by atoms with Gasteiger partial charge in [0.25, 0.3) is 5.91 Å². The van der Waals surface area contributed by atoms with E-state index >= 15 is 0 Å². The Hall–Kier alpha value is -2.20. The number of carbonyl (C=O) groups excluding carboxylic acids is 1. The molecule has 0 spiro atoms. The van der Waals surface area contributed by atoms with Crippen molar-refractivity contribution in [3.63, 3.8) is 0 Å². The van der Waals surface area contributed by atoms with Crippen molar-refractivity contribution in [3.8, 4) is 0 Å². The summed E-state index contributed by atoms with van der Waals surface area (Å²) in [5.74, 6) is -0.000982. The monoisotopic (exact) mass is 310 g/mol. The average Bonchev–Trinajstić information content (AvgIpc) is 2.83. The summed E-state index contributed by atoms with van der Waals surface area (Å²) in [6.45, 7) is 2.72. The van der Waals surface area contributed by atoms with Crippen molar-refractivity contribution in [1.29, 1.82) is 0 Å². The number of fused-ring (bicyclic) bond motifs is 1. The molecule has 0 aliphatic carbocycles. The summed E-state index contributed by atoms with van der Waals surface area (Å²) in [4.78, 5) is 13.4. The van der Waals surface area contributed by atoms with Crippen molar-refractivity contribution < 1.29 is 9.69 Å². The smallest absolute Gasteiger partial charge is 0.295 e. The zero-order valence-corrected chi connectivity index (χ0v) is 13.4. The third-order valence-electron chi connectivity index (χ3n) is 4.40. The van der Waals surface area contributed by atoms with Crippen LogP contribution in [0.25, 0.3) is 10.8 Å². The van der Waals surface area contributed by atoms with Gasteiger partial charge in [0, 0.05) is 0 Å². The van der Waals surface area contributed by atoms with E-state index in [0.717, 1.165) is 18.7 Å². The van der Waals surface area contributed by atoms with Gasteiger partial charge in [-0.05, 0) is 48.1 Å². The molecule has 2 aromatic rings. The van der Waals surface area contributed by atoms with Gasteiger partial charge in [0.05, 0.1) is 19.3 Å². The minimum absolute atomic E-state index is 0.000982. The first-order chi connectivity index (χ1) is 11.3. The van der Waals surface area contributed by atoms with Gasteiger partial charge >= 0.3 is 0 Å². The second kappa shape index (κ2) is 7.88. The number of rotatable bonds is 4. The fourth-order valence-electron chi connectivity index (χ4n) is 3.14. The maximum atomic E-state index is 12.0. The van der Waals surface area contributed by atoms with Crippen LogP contribution in [0.3, 0.4) is 0 Å². The van der Waals surface area contributed by atoms with E-state index in [1.807, 2.05) is 18.2 Å². The van der Waals surface area contributed by atoms with Gasteiger partial charge < -0.3 is 4.90 Å². The van der Waals surface area contributed by atoms with Crippen molar-refractivity contribution in [2.75, 3.05) is 19.6 Å². The topological polar surface area (TPSA) is 45.9 Å². The number of nitrogens with one attached hydrogen (secondary N) is 2. The number of benzene rings is 2. The highest BCUT2D eigenvalue weighted by molar-refractivity contribution is 5.90. The fraction of sp³-hybridized carbons (Fsp3) is 0.368. The number of carbonyl (C=O) groups is 1. The number of hydrazone groups is 1. The van der Waals surface area contributed by atoms with Crippen LogP contribution in [0, 0.1) is 0 Å². The molecule has 2 N–H and O–H groups in total. The van der Waals surface area contributed by atoms with Crippen LogP contribution in [-0.4, -0.2) is 31.8 Å². The zero-order valence-electron chi connectivity index (χ0n) is 13.4. The average molecular weight is 310 g/mol. The fourth-order valence-corrected chi connectivity index (χ4v) is 3.14. The molecular weight excluding hydrogens is 286 g/mol. The van der Waals surface area contributed by atoms with E-state index in [0.29, 0.717) is 6.54 Å². The third-order valence-corrected chi connectivity index (χ3v) is 4.40. The second-order valence-electron chi connectivity index (χ2n) is 6.24. The maximum absolute atomic E-state index is 12.0. The molecule has 0 bridgehead atoms. The van der Waals surface area contributed by atoms with E-state index in [4.69, 9.17) is 0 Å². The highest BCUT2D eigenvalue weighted by atomic mass is 16.2. The molecule has 0 radical (unpaired) electrons. The molecule has 4 heteroatoms. The predicted octanol–water partition coefficient (Wildman–Crippen LogP) is 1.75. The molecule has 1 aliphatic heterocycles. The Labute approximate surface area is 137 Å². The van der Waals surface area contributed by atoms with Crippen molar-refractivity contribution in [2.24, 2.45) is 5.10 Å². The molecule has 0 atom stereocenters. The Bertz CT molecular complexity index is 688. The first kappa shape index (κ1) is 15.7. The largest absolute Gasteiger partial charge is 0.327 e. The van der Waals surface area contributed by atoms with Crippen LogP contribution >= 0.6 is 0 Å². The Morgan fingerprint density at radius 3 is 2.57 bits per heavy atom. The highest BCUT2D eigenvalue weighted by Gasteiger charge is 2.15. The molecule has 120 valence electrons. The summed E-state index contributed by atoms with van der Waals surface area (Å²) < 4.78 is 0. The standard InChI is InChI=1S/C19H23N3O/c23-19(15-22-11-5-1-2-6-12-22)21-20-14-16-9-10-17-7-3-4-8-18(17)13-16/h3-4,7-10,13-14H,1-2,5-6,11-12,15H2,(H,21,23)/p+1/b20-14-. The summed E-state index contributed by atoms with van der Waals surface area (Å²) in [5.41, 5.74) is 3.65. The Morgan fingerprint density at radius 2 is 1.78 bits per heavy atom. The summed E-state index contributed by atoms with van der Waals surface area (Å²) in [7, 11) is 0. The molecule has 1 fully saturated rings. The minimum Gasteiger partial charge on any atom is -0.327 e. The minimum atomic E-state index is -0.000982. The third kappa shape index (κ3) is 4.63. The van der Waals surface area contributed by atoms with Crippen molar-refractivity contribution >= 4 is 22.9 Å². The Kier molecular flexibility index (Phi) is 5.37. The number of hydrogen-bond donors (Lipinski definition) is 2. The molecule has 2 aromatic carbocycles. The van der Waals surface area contributed by atoms with Gasteiger partial charge in [0.1, 0.15) is 0 Å². The lowest BCUT2D eigenvalue weighted by molar-refractivity contribution is -0.891. The first-order valence-corrected chi connectivity index (χ1v) is 8.45. The summed E-state index contributed by atoms with van der Waals surface area (Å²) in [6.07, 6.45) is 6.75. The molecule has 4 nitrogen and oxygen atoms in total. The molecule has 23 heavy (non-hydrogen) atoms. The maximum Gasteiger partial charge on any atom is 0.295 e. The molecule has 0 aromatic heterocycles. The van der Waals surface area contributed by atoms with Crippen LogP contribution in [0.1, 0.15) is 31.2 Å². The van der Waals surface area contributed by atoms with Gasteiger partial charge in [-0.25, -0.2) is 5.43 Å². The van der Waals surface area contributed by atoms with Gasteiger partial charge in [-0.3, -0.25) is 4.79 Å². The number of nitrogens with zero attached hydrogens (tertiary/aromatic N) is 1. The number of likely N-dealkylation sites (tertiary alicyclic amines) is 1. The van der Waals surface area contributed by atoms with Crippen LogP contribution in [0.5, 0.6) is 0 Å². The molecule has 0 unspecified atom stereocenters. The summed E-state index contributed by atoms with van der Waals surface area (Å²) >= 11 is 0. The van der Waals surface area contributed by atoms with Crippen molar-refractivity contribution in [2.45, 2.75) is 25.7 Å². The van der Waals surface area contributed by atoms with E-state index in [9.17, 15) is 4.79 Å². The SMILES string of the molecule is O=C(C[NH+]1CCCCCC1)N/N=C\c1ccc2ccccc2c1. The van der Waals surface area contributed by atoms with Gasteiger partial charge in [0.15, 0.2) is 6.54 Å². The lowest BCUT2D eigenvalue weighted by atomic mass is 10.1. The van der Waals surface area contributed by atoms with Crippen molar-refractivity contribution in [1.82, 2.24) is 5.43 Å². The van der Waals surface area contributed by atoms with E-state index < -0.39 is 0 Å². The quantitative estimate of drug-likeness (QED) is 0.656. The molecular formula is C19H24N3O+. The van der Waals surface area contributed by atoms with E-state index in [-0.39, 0.29) is 5.91 Å². The van der Waals surface area contributed by atoms with Gasteiger partial charge in [-0.15, -0.1) is 0 Å². The van der Waals surface area contributed by atoms with E-state index in [1.165, 1.54) is 41.4 Å². The summed E-state index contributed by atoms with van der Waals surface area (Å²) in [6, 6.07) is 14.4. The molecule has 1 aliphatic rings. The first-order valence-electron chi connectivity index (χ1n) is 8.45.